The SMILES string of the molecule is C[PH+]1Cc2ccccc2[C@@H]1[C@H]1c2ccccc2C[PH+]1C.[CH3-].[CH3-].[Rh+2]. The summed E-state index contributed by atoms with van der Waals surface area (Å²) in [5.41, 5.74) is 8.39. The first-order chi connectivity index (χ1) is 9.75. The second kappa shape index (κ2) is 8.34. The standard InChI is InChI=1S/C18H20P2.2CH3.Rh/c1-19-11-13-7-3-5-9-15(13)17(19)18-16-10-6-4-8-14(16)12-20(18)2;;;/h3-10,17-18H,11-12H2,1-2H3;2*1H3;/q;2*-1;+2/p+2/t17-,18-,19?,20?;;;/m1.../s1. The minimum absolute atomic E-state index is 0. The van der Waals surface area contributed by atoms with Gasteiger partial charge in [0.1, 0.15) is 11.3 Å². The largest absolute Gasteiger partial charge is 2.00 e. The summed E-state index contributed by atoms with van der Waals surface area (Å²) in [6.07, 6.45) is 2.75. The zero-order chi connectivity index (χ0) is 13.7. The van der Waals surface area contributed by atoms with Crippen LogP contribution in [0.15, 0.2) is 48.5 Å². The summed E-state index contributed by atoms with van der Waals surface area (Å²) in [5.74, 6) is 0. The van der Waals surface area contributed by atoms with Gasteiger partial charge >= 0.3 is 19.5 Å². The van der Waals surface area contributed by atoms with Crippen LogP contribution in [0.1, 0.15) is 33.6 Å². The molecular weight excluding hydrogens is 405 g/mol. The minimum atomic E-state index is -0.284. The molecule has 0 nitrogen and oxygen atoms in total. The van der Waals surface area contributed by atoms with Crippen molar-refractivity contribution in [2.24, 2.45) is 0 Å². The van der Waals surface area contributed by atoms with Gasteiger partial charge in [0.05, 0.1) is 12.3 Å². The Morgan fingerprint density at radius 1 is 0.696 bits per heavy atom. The van der Waals surface area contributed by atoms with Crippen LogP contribution < -0.4 is 0 Å². The van der Waals surface area contributed by atoms with E-state index in [1.54, 1.807) is 22.3 Å². The first-order valence-corrected chi connectivity index (χ1v) is 12.1. The molecule has 1 radical (unpaired) electrons. The topological polar surface area (TPSA) is 0 Å². The average molecular weight is 433 g/mol. The van der Waals surface area contributed by atoms with Crippen LogP contribution in [-0.4, -0.2) is 13.3 Å². The zero-order valence-corrected chi connectivity index (χ0v) is 18.2. The van der Waals surface area contributed by atoms with E-state index in [-0.39, 0.29) is 50.2 Å². The Labute approximate surface area is 157 Å². The van der Waals surface area contributed by atoms with Gasteiger partial charge in [-0.25, -0.2) is 0 Å². The van der Waals surface area contributed by atoms with Crippen molar-refractivity contribution in [3.8, 4) is 0 Å². The van der Waals surface area contributed by atoms with Crippen LogP contribution in [0.4, 0.5) is 0 Å². The fraction of sp³-hybridized carbons (Fsp3) is 0.300. The van der Waals surface area contributed by atoms with Crippen molar-refractivity contribution < 1.29 is 19.5 Å². The van der Waals surface area contributed by atoms with Crippen molar-refractivity contribution in [1.29, 1.82) is 0 Å². The Balaban J connectivity index is 0.000000882. The van der Waals surface area contributed by atoms with Crippen molar-refractivity contribution in [1.82, 2.24) is 0 Å². The second-order valence-corrected chi connectivity index (χ2v) is 11.7. The van der Waals surface area contributed by atoms with E-state index in [1.165, 1.54) is 12.3 Å². The molecule has 4 atom stereocenters. The van der Waals surface area contributed by atoms with Gasteiger partial charge in [0.15, 0.2) is 0 Å². The van der Waals surface area contributed by atoms with Crippen LogP contribution in [0, 0.1) is 14.9 Å². The summed E-state index contributed by atoms with van der Waals surface area (Å²) in [6.45, 7) is 5.12. The molecule has 2 aliphatic rings. The molecule has 125 valence electrons. The Hall–Kier alpha value is -0.0766. The van der Waals surface area contributed by atoms with E-state index in [0.717, 1.165) is 11.3 Å². The molecule has 0 fully saturated rings. The van der Waals surface area contributed by atoms with Crippen molar-refractivity contribution in [2.75, 3.05) is 13.3 Å². The molecule has 2 aromatic carbocycles. The summed E-state index contributed by atoms with van der Waals surface area (Å²) >= 11 is 0. The van der Waals surface area contributed by atoms with Crippen molar-refractivity contribution in [2.45, 2.75) is 23.6 Å². The van der Waals surface area contributed by atoms with E-state index >= 15 is 0 Å². The Morgan fingerprint density at radius 3 is 1.43 bits per heavy atom. The number of benzene rings is 2. The minimum Gasteiger partial charge on any atom is -0.358 e. The third-order valence-corrected chi connectivity index (χ3v) is 10.7. The first-order valence-electron chi connectivity index (χ1n) is 7.56. The molecule has 0 N–H and O–H groups in total. The van der Waals surface area contributed by atoms with Crippen molar-refractivity contribution >= 4 is 15.8 Å². The van der Waals surface area contributed by atoms with Crippen LogP contribution in [0.5, 0.6) is 0 Å². The quantitative estimate of drug-likeness (QED) is 0.291. The van der Waals surface area contributed by atoms with Gasteiger partial charge in [-0.1, -0.05) is 48.5 Å². The predicted molar refractivity (Wildman–Crippen MR) is 107 cm³/mol. The van der Waals surface area contributed by atoms with Crippen LogP contribution in [0.2, 0.25) is 0 Å². The molecule has 2 aromatic rings. The summed E-state index contributed by atoms with van der Waals surface area (Å²) in [5, 5.41) is 0. The summed E-state index contributed by atoms with van der Waals surface area (Å²) in [6, 6.07) is 18.5. The molecule has 0 spiro atoms. The number of rotatable bonds is 1. The molecule has 0 amide bonds. The Morgan fingerprint density at radius 2 is 1.04 bits per heavy atom. The molecule has 23 heavy (non-hydrogen) atoms. The molecule has 0 saturated carbocycles. The molecule has 0 aromatic heterocycles. The average Bonchev–Trinajstić information content (AvgIpc) is 2.94. The smallest absolute Gasteiger partial charge is 0.358 e. The maximum atomic E-state index is 2.56. The van der Waals surface area contributed by atoms with Gasteiger partial charge in [-0.3, -0.25) is 0 Å². The van der Waals surface area contributed by atoms with E-state index in [0.29, 0.717) is 0 Å². The predicted octanol–water partition coefficient (Wildman–Crippen LogP) is 6.08. The van der Waals surface area contributed by atoms with E-state index in [2.05, 4.69) is 61.9 Å². The van der Waals surface area contributed by atoms with Gasteiger partial charge in [-0.05, 0) is 11.1 Å². The van der Waals surface area contributed by atoms with Gasteiger partial charge in [0, 0.05) is 40.3 Å². The molecule has 2 aliphatic heterocycles. The molecule has 2 unspecified atom stereocenters. The van der Waals surface area contributed by atoms with Crippen molar-refractivity contribution in [3.05, 3.63) is 85.6 Å². The van der Waals surface area contributed by atoms with Gasteiger partial charge < -0.3 is 14.9 Å². The fourth-order valence-corrected chi connectivity index (χ4v) is 11.4. The second-order valence-electron chi connectivity index (χ2n) is 6.40. The zero-order valence-electron chi connectivity index (χ0n) is 14.5. The third-order valence-electron chi connectivity index (χ3n) is 5.11. The molecule has 0 bridgehead atoms. The molecule has 0 saturated heterocycles. The Kier molecular flexibility index (Phi) is 7.60. The maximum Gasteiger partial charge on any atom is 2.00 e. The van der Waals surface area contributed by atoms with Gasteiger partial charge in [-0.15, -0.1) is 0 Å². The van der Waals surface area contributed by atoms with Gasteiger partial charge in [0.2, 0.25) is 0 Å². The van der Waals surface area contributed by atoms with Crippen LogP contribution >= 0.6 is 15.8 Å². The monoisotopic (exact) mass is 433 g/mol. The maximum absolute atomic E-state index is 2.56. The summed E-state index contributed by atoms with van der Waals surface area (Å²) < 4.78 is 0. The molecule has 0 aliphatic carbocycles. The molecule has 2 heterocycles. The summed E-state index contributed by atoms with van der Waals surface area (Å²) in [4.78, 5) is 0. The number of fused-ring (bicyclic) bond motifs is 2. The van der Waals surface area contributed by atoms with Crippen LogP contribution in [0.3, 0.4) is 0 Å². The van der Waals surface area contributed by atoms with Crippen LogP contribution in [0.25, 0.3) is 0 Å². The van der Waals surface area contributed by atoms with E-state index < -0.39 is 0 Å². The molecule has 3 heteroatoms. The van der Waals surface area contributed by atoms with Crippen molar-refractivity contribution in [3.63, 3.8) is 0 Å². The van der Waals surface area contributed by atoms with Crippen LogP contribution in [-0.2, 0) is 31.8 Å². The summed E-state index contributed by atoms with van der Waals surface area (Å²) in [7, 11) is -0.569. The third kappa shape index (κ3) is 3.49. The number of hydrogen-bond acceptors (Lipinski definition) is 0. The number of hydrogen-bond donors (Lipinski definition) is 0. The molecule has 4 rings (SSSR count). The van der Waals surface area contributed by atoms with Gasteiger partial charge in [-0.2, -0.15) is 0 Å². The van der Waals surface area contributed by atoms with Gasteiger partial charge in [0.25, 0.3) is 0 Å². The Bertz CT molecular complexity index is 598. The van der Waals surface area contributed by atoms with E-state index in [1.807, 2.05) is 0 Å². The molecular formula is C20H28P2Rh+2. The van der Waals surface area contributed by atoms with E-state index in [4.69, 9.17) is 0 Å². The fourth-order valence-electron chi connectivity index (χ4n) is 4.28. The first kappa shape index (κ1) is 21.0. The normalized spacial score (nSPS) is 27.0. The van der Waals surface area contributed by atoms with E-state index in [9.17, 15) is 0 Å².